The molecule has 1 aliphatic heterocycles. The number of carboxylic acids is 2. The van der Waals surface area contributed by atoms with E-state index in [2.05, 4.69) is 4.98 Å². The minimum absolute atomic E-state index is 0.236. The molecule has 0 aliphatic carbocycles. The second kappa shape index (κ2) is 13.2. The van der Waals surface area contributed by atoms with Gasteiger partial charge in [-0.15, -0.1) is 0 Å². The van der Waals surface area contributed by atoms with Crippen molar-refractivity contribution < 1.29 is 28.2 Å². The molecule has 29 heavy (non-hydrogen) atoms. The van der Waals surface area contributed by atoms with Crippen molar-refractivity contribution in [3.05, 3.63) is 22.5 Å². The van der Waals surface area contributed by atoms with Crippen LogP contribution < -0.4 is 10.2 Å². The fourth-order valence-electron chi connectivity index (χ4n) is 2.99. The molecule has 0 saturated carbocycles. The zero-order valence-corrected chi connectivity index (χ0v) is 17.0. The van der Waals surface area contributed by atoms with E-state index >= 15 is 0 Å². The van der Waals surface area contributed by atoms with Crippen molar-refractivity contribution in [2.75, 3.05) is 58.9 Å². The number of halogens is 1. The Morgan fingerprint density at radius 1 is 0.966 bits per heavy atom. The van der Waals surface area contributed by atoms with E-state index in [4.69, 9.17) is 0 Å². The zero-order valence-electron chi connectivity index (χ0n) is 15.8. The number of carbonyl (C=O) groups excluding carboxylic acids is 2. The van der Waals surface area contributed by atoms with Gasteiger partial charge >= 0.3 is 26.2 Å². The first-order chi connectivity index (χ1) is 13.8. The van der Waals surface area contributed by atoms with Crippen LogP contribution in [-0.2, 0) is 16.1 Å². The summed E-state index contributed by atoms with van der Waals surface area (Å²) in [6.45, 7) is 3.21. The number of nitro groups is 1. The SMILES string of the molecule is O=C([O-])CN1CCN(CCn2ccnc2[N+](=O)[O-])CCN(CC(=O)[O-])CC1.[F][Al+2]. The number of aliphatic carboxylic acids is 2. The third-order valence-corrected chi connectivity index (χ3v) is 4.42. The van der Waals surface area contributed by atoms with E-state index in [0.717, 1.165) is 16.7 Å². The number of nitrogens with zero attached hydrogens (tertiary/aromatic N) is 6. The topological polar surface area (TPSA) is 151 Å². The van der Waals surface area contributed by atoms with Crippen LogP contribution in [0.15, 0.2) is 12.4 Å². The fourth-order valence-corrected chi connectivity index (χ4v) is 2.99. The molecule has 0 radical (unpaired) electrons. The summed E-state index contributed by atoms with van der Waals surface area (Å²) >= 11 is 0.917. The third-order valence-electron chi connectivity index (χ3n) is 4.42. The number of hydrogen-bond acceptors (Lipinski definition) is 10. The molecule has 0 aromatic carbocycles. The Balaban J connectivity index is 0.00000204. The quantitative estimate of drug-likeness (QED) is 0.229. The maximum atomic E-state index is 10.9. The van der Waals surface area contributed by atoms with Crippen LogP contribution in [0.2, 0.25) is 0 Å². The molecule has 1 aliphatic rings. The molecular formula is C15H22AlFN6O6. The second-order valence-corrected chi connectivity index (χ2v) is 6.32. The molecule has 1 aromatic rings. The van der Waals surface area contributed by atoms with Gasteiger partial charge in [0.25, 0.3) is 0 Å². The summed E-state index contributed by atoms with van der Waals surface area (Å²) in [6, 6.07) is 0. The summed E-state index contributed by atoms with van der Waals surface area (Å²) in [5.41, 5.74) is 0. The molecule has 1 saturated heterocycles. The molecule has 0 amide bonds. The van der Waals surface area contributed by atoms with Crippen molar-refractivity contribution in [1.82, 2.24) is 24.3 Å². The second-order valence-electron chi connectivity index (χ2n) is 6.32. The molecule has 0 spiro atoms. The van der Waals surface area contributed by atoms with Gasteiger partial charge in [-0.1, -0.05) is 4.98 Å². The van der Waals surface area contributed by atoms with Gasteiger partial charge in [0.2, 0.25) is 0 Å². The van der Waals surface area contributed by atoms with Crippen LogP contribution in [0.25, 0.3) is 0 Å². The molecule has 14 heteroatoms. The van der Waals surface area contributed by atoms with E-state index in [1.807, 2.05) is 4.90 Å². The molecule has 0 atom stereocenters. The summed E-state index contributed by atoms with van der Waals surface area (Å²) < 4.78 is 10.9. The van der Waals surface area contributed by atoms with Crippen LogP contribution in [0.1, 0.15) is 0 Å². The zero-order chi connectivity index (χ0) is 21.8. The average molecular weight is 428 g/mol. The van der Waals surface area contributed by atoms with Gasteiger partial charge in [-0.05, 0) is 4.92 Å². The van der Waals surface area contributed by atoms with Crippen LogP contribution in [0, 0.1) is 10.1 Å². The van der Waals surface area contributed by atoms with E-state index in [1.165, 1.54) is 17.0 Å². The predicted molar refractivity (Wildman–Crippen MR) is 95.1 cm³/mol. The molecule has 2 heterocycles. The molecule has 0 bridgehead atoms. The maximum absolute atomic E-state index is 10.9. The number of hydrogen-bond donors (Lipinski definition) is 0. The number of rotatable bonds is 8. The summed E-state index contributed by atoms with van der Waals surface area (Å²) in [5, 5.41) is 32.8. The first-order valence-corrected chi connectivity index (χ1v) is 9.23. The van der Waals surface area contributed by atoms with Gasteiger partial charge in [0, 0.05) is 58.9 Å². The molecule has 12 nitrogen and oxygen atoms in total. The Bertz CT molecular complexity index is 649. The van der Waals surface area contributed by atoms with Gasteiger partial charge in [-0.3, -0.25) is 14.7 Å². The predicted octanol–water partition coefficient (Wildman–Crippen LogP) is -3.75. The molecule has 1 fully saturated rings. The number of carbonyl (C=O) groups is 2. The van der Waals surface area contributed by atoms with E-state index in [9.17, 15) is 33.4 Å². The summed E-state index contributed by atoms with van der Waals surface area (Å²) in [5.74, 6) is -2.63. The van der Waals surface area contributed by atoms with Gasteiger partial charge in [-0.2, -0.15) is 0 Å². The van der Waals surface area contributed by atoms with E-state index in [1.54, 1.807) is 9.80 Å². The fraction of sp³-hybridized carbons (Fsp3) is 0.667. The van der Waals surface area contributed by atoms with E-state index in [0.29, 0.717) is 52.4 Å². The van der Waals surface area contributed by atoms with E-state index < -0.39 is 16.9 Å². The van der Waals surface area contributed by atoms with Crippen LogP contribution >= 0.6 is 0 Å². The first-order valence-electron chi connectivity index (χ1n) is 8.79. The Labute approximate surface area is 175 Å². The van der Waals surface area contributed by atoms with Crippen molar-refractivity contribution in [2.45, 2.75) is 6.54 Å². The van der Waals surface area contributed by atoms with Gasteiger partial charge in [0.15, 0.2) is 0 Å². The van der Waals surface area contributed by atoms with Crippen molar-refractivity contribution in [3.8, 4) is 0 Å². The Morgan fingerprint density at radius 3 is 1.83 bits per heavy atom. The van der Waals surface area contributed by atoms with Gasteiger partial charge in [0.1, 0.15) is 12.4 Å². The molecule has 1 aromatic heterocycles. The minimum atomic E-state index is -1.19. The molecular weight excluding hydrogens is 406 g/mol. The van der Waals surface area contributed by atoms with E-state index in [-0.39, 0.29) is 19.0 Å². The average Bonchev–Trinajstić information content (AvgIpc) is 3.15. The normalized spacial score (nSPS) is 16.8. The third kappa shape index (κ3) is 9.29. The number of carboxylic acid groups (broad SMARTS) is 2. The summed E-state index contributed by atoms with van der Waals surface area (Å²) in [6.07, 6.45) is 2.89. The monoisotopic (exact) mass is 428 g/mol. The van der Waals surface area contributed by atoms with Gasteiger partial charge in [-0.25, -0.2) is 4.57 Å². The standard InChI is InChI=1S/C15H24N6O6.Al.FH/c22-13(23)11-18-5-3-17(4-6-19(8-7-18)12-14(24)25)9-10-20-2-1-16-15(20)21(26)27;;/h1-2H,3-12H2,(H,22,23)(H,24,25);;1H/q;+3;/p-3. The van der Waals surface area contributed by atoms with Gasteiger partial charge < -0.3 is 29.9 Å². The van der Waals surface area contributed by atoms with Crippen LogP contribution in [0.4, 0.5) is 9.47 Å². The molecule has 2 rings (SSSR count). The van der Waals surface area contributed by atoms with Crippen molar-refractivity contribution in [3.63, 3.8) is 0 Å². The molecule has 0 unspecified atom stereocenters. The Morgan fingerprint density at radius 2 is 1.41 bits per heavy atom. The van der Waals surface area contributed by atoms with Crippen LogP contribution in [-0.4, -0.2) is 117 Å². The van der Waals surface area contributed by atoms with Crippen LogP contribution in [0.5, 0.6) is 0 Å². The molecule has 0 N–H and O–H groups in total. The molecule has 158 valence electrons. The van der Waals surface area contributed by atoms with Gasteiger partial charge in [0.05, 0.1) is 18.5 Å². The van der Waals surface area contributed by atoms with Crippen LogP contribution in [0.3, 0.4) is 0 Å². The Kier molecular flexibility index (Phi) is 11.3. The Hall–Kier alpha value is -2.11. The summed E-state index contributed by atoms with van der Waals surface area (Å²) in [4.78, 5) is 41.3. The van der Waals surface area contributed by atoms with Crippen molar-refractivity contribution in [2.24, 2.45) is 0 Å². The number of aromatic nitrogens is 2. The first kappa shape index (κ1) is 24.9. The number of imidazole rings is 1. The van der Waals surface area contributed by atoms with Crippen molar-refractivity contribution >= 4 is 34.6 Å². The van der Waals surface area contributed by atoms with Crippen molar-refractivity contribution in [1.29, 1.82) is 0 Å². The summed E-state index contributed by atoms with van der Waals surface area (Å²) in [7, 11) is 0.